The van der Waals surface area contributed by atoms with Crippen LogP contribution in [0.1, 0.15) is 70.9 Å². The maximum absolute atomic E-state index is 11.9. The summed E-state index contributed by atoms with van der Waals surface area (Å²) in [6.45, 7) is 8.22. The van der Waals surface area contributed by atoms with Gasteiger partial charge in [0.25, 0.3) is 0 Å². The van der Waals surface area contributed by atoms with E-state index in [1.54, 1.807) is 26.0 Å². The SMILES string of the molecule is CC(C)CCON=O.CCC(=O)N[C@@H](CC(N)=O)C(=O)OCc1ccccc1.CCC(=O)S.NC(=O)C[C@H](N)C(=O)OCc1ccccc1. The summed E-state index contributed by atoms with van der Waals surface area (Å²) in [6.07, 6.45) is 1.16. The highest BCUT2D eigenvalue weighted by Gasteiger charge is 2.24. The lowest BCUT2D eigenvalue weighted by molar-refractivity contribution is -0.150. The Morgan fingerprint density at radius 2 is 1.22 bits per heavy atom. The molecule has 0 radical (unpaired) electrons. The summed E-state index contributed by atoms with van der Waals surface area (Å²) in [7, 11) is 0. The maximum Gasteiger partial charge on any atom is 0.329 e. The van der Waals surface area contributed by atoms with Gasteiger partial charge in [-0.15, -0.1) is 17.5 Å². The summed E-state index contributed by atoms with van der Waals surface area (Å²) in [5.41, 5.74) is 17.1. The number of amides is 3. The third-order valence-electron chi connectivity index (χ3n) is 5.66. The zero-order valence-electron chi connectivity index (χ0n) is 28.4. The van der Waals surface area contributed by atoms with Crippen molar-refractivity contribution in [3.63, 3.8) is 0 Å². The zero-order chi connectivity index (χ0) is 37.6. The number of hydrogen-bond acceptors (Lipinski definition) is 12. The number of hydrogen-bond donors (Lipinski definition) is 5. The standard InChI is InChI=1S/C14H18N2O4.C11H14N2O3.C5H11NO2.C3H6OS/c1-2-13(18)16-11(8-12(15)17)14(19)20-9-10-6-4-3-5-7-10;12-9(6-10(13)14)11(15)16-7-8-4-2-1-3-5-8;1-5(2)3-4-8-6-7;1-2-3(4)5/h3-7,11H,2,8-9H2,1H3,(H2,15,17)(H,16,18);1-5,9H,6-7,12H2,(H2,13,14);5H,3-4H2,1-2H3;2H2,1H3,(H,4,5)/t11-;9-;;/m00../s1. The second kappa shape index (κ2) is 29.3. The third-order valence-corrected chi connectivity index (χ3v) is 5.98. The summed E-state index contributed by atoms with van der Waals surface area (Å²) in [4.78, 5) is 79.1. The Morgan fingerprint density at radius 1 is 0.776 bits per heavy atom. The molecule has 49 heavy (non-hydrogen) atoms. The number of primary amides is 2. The molecule has 0 aliphatic rings. The van der Waals surface area contributed by atoms with E-state index in [0.717, 1.165) is 17.5 Å². The number of benzene rings is 2. The van der Waals surface area contributed by atoms with Crippen LogP contribution in [0.15, 0.2) is 66.0 Å². The Hall–Kier alpha value is -4.83. The average molecular weight is 708 g/mol. The number of thiol groups is 1. The third kappa shape index (κ3) is 29.1. The van der Waals surface area contributed by atoms with Crippen molar-refractivity contribution in [1.82, 2.24) is 5.32 Å². The van der Waals surface area contributed by atoms with Crippen molar-refractivity contribution < 1.29 is 43.1 Å². The summed E-state index contributed by atoms with van der Waals surface area (Å²) >= 11 is 3.46. The van der Waals surface area contributed by atoms with E-state index < -0.39 is 35.8 Å². The molecule has 0 aromatic heterocycles. The Labute approximate surface area is 292 Å². The molecule has 0 heterocycles. The van der Waals surface area contributed by atoms with Crippen LogP contribution in [0, 0.1) is 10.8 Å². The first-order valence-electron chi connectivity index (χ1n) is 15.4. The summed E-state index contributed by atoms with van der Waals surface area (Å²) in [5, 5.41) is 4.63. The van der Waals surface area contributed by atoms with E-state index >= 15 is 0 Å². The molecule has 15 nitrogen and oxygen atoms in total. The average Bonchev–Trinajstić information content (AvgIpc) is 3.07. The quantitative estimate of drug-likeness (QED) is 0.0525. The van der Waals surface area contributed by atoms with E-state index in [4.69, 9.17) is 26.7 Å². The number of carbonyl (C=O) groups is 6. The van der Waals surface area contributed by atoms with E-state index in [-0.39, 0.29) is 43.5 Å². The molecule has 0 spiro atoms. The molecule has 0 aliphatic carbocycles. The summed E-state index contributed by atoms with van der Waals surface area (Å²) in [5.74, 6) is -2.35. The number of esters is 2. The molecule has 16 heteroatoms. The van der Waals surface area contributed by atoms with Gasteiger partial charge in [-0.1, -0.05) is 88.4 Å². The van der Waals surface area contributed by atoms with Gasteiger partial charge < -0.3 is 36.8 Å². The molecular weight excluding hydrogens is 658 g/mol. The molecule has 0 fully saturated rings. The van der Waals surface area contributed by atoms with Crippen LogP contribution in [-0.4, -0.2) is 53.5 Å². The maximum atomic E-state index is 11.9. The predicted molar refractivity (Wildman–Crippen MR) is 186 cm³/mol. The number of nitrogens with zero attached hydrogens (tertiary/aromatic N) is 1. The molecule has 0 saturated heterocycles. The van der Waals surface area contributed by atoms with Gasteiger partial charge in [0.1, 0.15) is 31.9 Å². The molecule has 0 bridgehead atoms. The van der Waals surface area contributed by atoms with Crippen molar-refractivity contribution in [2.75, 3.05) is 6.61 Å². The van der Waals surface area contributed by atoms with Crippen molar-refractivity contribution >= 4 is 47.4 Å². The first-order valence-corrected chi connectivity index (χ1v) is 15.8. The Morgan fingerprint density at radius 3 is 1.59 bits per heavy atom. The van der Waals surface area contributed by atoms with E-state index in [2.05, 4.69) is 42.0 Å². The molecule has 2 aromatic carbocycles. The fourth-order valence-corrected chi connectivity index (χ4v) is 2.98. The minimum absolute atomic E-state index is 0.0509. The fourth-order valence-electron chi connectivity index (χ4n) is 2.98. The second-order valence-corrected chi connectivity index (χ2v) is 10.9. The molecule has 0 saturated carbocycles. The van der Waals surface area contributed by atoms with E-state index in [0.29, 0.717) is 18.9 Å². The van der Waals surface area contributed by atoms with E-state index in [1.165, 1.54) is 0 Å². The lowest BCUT2D eigenvalue weighted by Crippen LogP contribution is -2.44. The van der Waals surface area contributed by atoms with Gasteiger partial charge in [-0.05, 0) is 23.5 Å². The van der Waals surface area contributed by atoms with Crippen molar-refractivity contribution in [3.05, 3.63) is 76.7 Å². The van der Waals surface area contributed by atoms with Crippen LogP contribution in [-0.2, 0) is 56.3 Å². The first kappa shape index (κ1) is 46.3. The van der Waals surface area contributed by atoms with E-state index in [1.807, 2.05) is 48.5 Å². The monoisotopic (exact) mass is 707 g/mol. The summed E-state index contributed by atoms with van der Waals surface area (Å²) < 4.78 is 9.99. The molecule has 2 aromatic rings. The van der Waals surface area contributed by atoms with Gasteiger partial charge in [-0.25, -0.2) is 4.79 Å². The highest BCUT2D eigenvalue weighted by molar-refractivity contribution is 7.96. The van der Waals surface area contributed by atoms with Crippen LogP contribution in [0.5, 0.6) is 0 Å². The minimum atomic E-state index is -1.04. The van der Waals surface area contributed by atoms with Crippen LogP contribution in [0.4, 0.5) is 0 Å². The van der Waals surface area contributed by atoms with Gasteiger partial charge in [0.05, 0.1) is 12.8 Å². The number of carbonyl (C=O) groups excluding carboxylic acids is 6. The molecule has 272 valence electrons. The molecule has 0 aliphatic heterocycles. The largest absolute Gasteiger partial charge is 0.460 e. The Bertz CT molecular complexity index is 1270. The topological polar surface area (TPSA) is 250 Å². The molecule has 3 amide bonds. The van der Waals surface area contributed by atoms with Gasteiger partial charge in [0.15, 0.2) is 10.5 Å². The van der Waals surface area contributed by atoms with Crippen LogP contribution in [0.25, 0.3) is 0 Å². The number of nitrogens with two attached hydrogens (primary N) is 3. The summed E-state index contributed by atoms with van der Waals surface area (Å²) in [6, 6.07) is 16.3. The molecule has 2 atom stereocenters. The van der Waals surface area contributed by atoms with Gasteiger partial charge in [-0.3, -0.25) is 24.0 Å². The van der Waals surface area contributed by atoms with Crippen molar-refractivity contribution in [2.24, 2.45) is 28.5 Å². The minimum Gasteiger partial charge on any atom is -0.460 e. The lowest BCUT2D eigenvalue weighted by Gasteiger charge is -2.16. The normalized spacial score (nSPS) is 10.8. The number of ether oxygens (including phenoxy) is 2. The van der Waals surface area contributed by atoms with Gasteiger partial charge in [-0.2, -0.15) is 0 Å². The molecule has 2 rings (SSSR count). The predicted octanol–water partition coefficient (Wildman–Crippen LogP) is 3.02. The highest BCUT2D eigenvalue weighted by atomic mass is 32.1. The van der Waals surface area contributed by atoms with E-state index in [9.17, 15) is 33.7 Å². The van der Waals surface area contributed by atoms with Crippen LogP contribution < -0.4 is 22.5 Å². The van der Waals surface area contributed by atoms with Gasteiger partial charge in [0, 0.05) is 12.8 Å². The fraction of sp³-hybridized carbons (Fsp3) is 0.455. The molecule has 7 N–H and O–H groups in total. The van der Waals surface area contributed by atoms with Crippen molar-refractivity contribution in [1.29, 1.82) is 0 Å². The Balaban J connectivity index is 0. The smallest absolute Gasteiger partial charge is 0.329 e. The van der Waals surface area contributed by atoms with Crippen LogP contribution >= 0.6 is 12.6 Å². The molecule has 0 unspecified atom stereocenters. The van der Waals surface area contributed by atoms with Crippen molar-refractivity contribution in [2.45, 2.75) is 85.1 Å². The first-order chi connectivity index (χ1) is 23.2. The number of rotatable bonds is 17. The van der Waals surface area contributed by atoms with Crippen molar-refractivity contribution in [3.8, 4) is 0 Å². The van der Waals surface area contributed by atoms with Crippen LogP contribution in [0.3, 0.4) is 0 Å². The van der Waals surface area contributed by atoms with Gasteiger partial charge in [0.2, 0.25) is 17.7 Å². The second-order valence-electron chi connectivity index (χ2n) is 10.4. The molecular formula is C33H49N5O10S. The highest BCUT2D eigenvalue weighted by Crippen LogP contribution is 2.05. The van der Waals surface area contributed by atoms with Crippen LogP contribution in [0.2, 0.25) is 0 Å². The zero-order valence-corrected chi connectivity index (χ0v) is 29.3. The lowest BCUT2D eigenvalue weighted by atomic mass is 10.1. The number of nitrogens with one attached hydrogen (secondary N) is 1. The van der Waals surface area contributed by atoms with Gasteiger partial charge >= 0.3 is 11.9 Å². The Kier molecular flexibility index (Phi) is 27.7.